The molecule has 1 aromatic carbocycles. The van der Waals surface area contributed by atoms with Crippen LogP contribution < -0.4 is 0 Å². The van der Waals surface area contributed by atoms with Crippen LogP contribution >= 0.6 is 11.6 Å². The van der Waals surface area contributed by atoms with E-state index in [1.54, 1.807) is 12.3 Å². The summed E-state index contributed by atoms with van der Waals surface area (Å²) < 4.78 is 2.08. The Labute approximate surface area is 128 Å². The zero-order valence-corrected chi connectivity index (χ0v) is 12.5. The van der Waals surface area contributed by atoms with Gasteiger partial charge < -0.3 is 4.57 Å². The highest BCUT2D eigenvalue weighted by atomic mass is 35.5. The molecule has 0 N–H and O–H groups in total. The second-order valence-corrected chi connectivity index (χ2v) is 5.10. The highest BCUT2D eigenvalue weighted by Gasteiger charge is 2.11. The van der Waals surface area contributed by atoms with Gasteiger partial charge in [-0.2, -0.15) is 0 Å². The smallest absolute Gasteiger partial charge is 0.161 e. The van der Waals surface area contributed by atoms with Crippen LogP contribution in [0.15, 0.2) is 48.8 Å². The maximum absolute atomic E-state index is 6.16. The summed E-state index contributed by atoms with van der Waals surface area (Å²) in [5.74, 6) is 1.43. The molecule has 0 saturated heterocycles. The first-order valence-electron chi connectivity index (χ1n) is 6.89. The number of halogens is 1. The molecule has 106 valence electrons. The van der Waals surface area contributed by atoms with Crippen LogP contribution in [-0.4, -0.2) is 19.5 Å². The third-order valence-corrected chi connectivity index (χ3v) is 3.33. The molecule has 4 nitrogen and oxygen atoms in total. The number of rotatable bonds is 4. The lowest BCUT2D eigenvalue weighted by Crippen LogP contribution is -2.01. The summed E-state index contributed by atoms with van der Waals surface area (Å²) in [6.07, 6.45) is 4.77. The van der Waals surface area contributed by atoms with E-state index < -0.39 is 0 Å². The molecule has 3 aromatic rings. The van der Waals surface area contributed by atoms with Crippen molar-refractivity contribution in [2.24, 2.45) is 0 Å². The van der Waals surface area contributed by atoms with Gasteiger partial charge in [-0.25, -0.2) is 15.0 Å². The summed E-state index contributed by atoms with van der Waals surface area (Å²) in [6, 6.07) is 11.6. The Morgan fingerprint density at radius 3 is 2.71 bits per heavy atom. The van der Waals surface area contributed by atoms with Crippen molar-refractivity contribution in [3.63, 3.8) is 0 Å². The van der Waals surface area contributed by atoms with Gasteiger partial charge in [-0.05, 0) is 6.42 Å². The van der Waals surface area contributed by atoms with E-state index in [1.807, 2.05) is 36.5 Å². The van der Waals surface area contributed by atoms with Gasteiger partial charge in [0.1, 0.15) is 10.8 Å². The van der Waals surface area contributed by atoms with Crippen LogP contribution in [0.2, 0.25) is 5.15 Å². The molecule has 21 heavy (non-hydrogen) atoms. The Balaban J connectivity index is 2.08. The fourth-order valence-corrected chi connectivity index (χ4v) is 2.40. The van der Waals surface area contributed by atoms with Crippen LogP contribution in [0.25, 0.3) is 22.9 Å². The monoisotopic (exact) mass is 298 g/mol. The summed E-state index contributed by atoms with van der Waals surface area (Å²) in [5.41, 5.74) is 1.68. The predicted molar refractivity (Wildman–Crippen MR) is 84.0 cm³/mol. The van der Waals surface area contributed by atoms with Crippen LogP contribution in [0, 0.1) is 0 Å². The molecule has 0 aliphatic heterocycles. The van der Waals surface area contributed by atoms with Crippen LogP contribution in [-0.2, 0) is 6.54 Å². The minimum Gasteiger partial charge on any atom is -0.330 e. The molecule has 0 bridgehead atoms. The molecular formula is C16H15ClN4. The third-order valence-electron chi connectivity index (χ3n) is 3.14. The second-order valence-electron chi connectivity index (χ2n) is 4.71. The van der Waals surface area contributed by atoms with Crippen molar-refractivity contribution in [2.45, 2.75) is 19.9 Å². The van der Waals surface area contributed by atoms with Crippen molar-refractivity contribution in [2.75, 3.05) is 0 Å². The summed E-state index contributed by atoms with van der Waals surface area (Å²) in [4.78, 5) is 13.3. The first-order valence-corrected chi connectivity index (χ1v) is 7.27. The Hall–Kier alpha value is -2.20. The van der Waals surface area contributed by atoms with Crippen molar-refractivity contribution in [3.05, 3.63) is 53.9 Å². The van der Waals surface area contributed by atoms with Crippen LogP contribution in [0.1, 0.15) is 13.3 Å². The average molecular weight is 299 g/mol. The lowest BCUT2D eigenvalue weighted by atomic mass is 10.2. The molecule has 0 saturated carbocycles. The van der Waals surface area contributed by atoms with Crippen LogP contribution in [0.5, 0.6) is 0 Å². The minimum absolute atomic E-state index is 0.421. The van der Waals surface area contributed by atoms with E-state index in [-0.39, 0.29) is 0 Å². The Kier molecular flexibility index (Phi) is 3.97. The molecule has 0 fully saturated rings. The van der Waals surface area contributed by atoms with Crippen molar-refractivity contribution >= 4 is 11.6 Å². The third kappa shape index (κ3) is 2.95. The molecule has 2 heterocycles. The highest BCUT2D eigenvalue weighted by Crippen LogP contribution is 2.23. The van der Waals surface area contributed by atoms with Gasteiger partial charge in [0.25, 0.3) is 0 Å². The van der Waals surface area contributed by atoms with E-state index in [2.05, 4.69) is 26.4 Å². The van der Waals surface area contributed by atoms with E-state index >= 15 is 0 Å². The molecule has 0 aliphatic rings. The van der Waals surface area contributed by atoms with Gasteiger partial charge in [-0.15, -0.1) is 0 Å². The normalized spacial score (nSPS) is 10.8. The first-order chi connectivity index (χ1) is 10.3. The van der Waals surface area contributed by atoms with Gasteiger partial charge >= 0.3 is 0 Å². The maximum Gasteiger partial charge on any atom is 0.161 e. The molecule has 0 spiro atoms. The molecular weight excluding hydrogens is 284 g/mol. The lowest BCUT2D eigenvalue weighted by Gasteiger charge is -2.08. The largest absolute Gasteiger partial charge is 0.330 e. The van der Waals surface area contributed by atoms with E-state index in [1.165, 1.54) is 0 Å². The first kappa shape index (κ1) is 13.8. The van der Waals surface area contributed by atoms with Gasteiger partial charge in [0.05, 0.1) is 0 Å². The molecule has 0 amide bonds. The molecule has 0 atom stereocenters. The molecule has 5 heteroatoms. The number of hydrogen-bond donors (Lipinski definition) is 0. The van der Waals surface area contributed by atoms with Crippen molar-refractivity contribution in [1.29, 1.82) is 0 Å². The van der Waals surface area contributed by atoms with E-state index in [0.717, 1.165) is 30.0 Å². The van der Waals surface area contributed by atoms with Crippen LogP contribution in [0.4, 0.5) is 0 Å². The minimum atomic E-state index is 0.421. The topological polar surface area (TPSA) is 43.6 Å². The number of aromatic nitrogens is 4. The summed E-state index contributed by atoms with van der Waals surface area (Å²) >= 11 is 6.16. The Morgan fingerprint density at radius 1 is 1.14 bits per heavy atom. The standard InChI is InChI=1S/C16H15ClN4/c1-2-9-21-10-8-18-16(21)13-11-14(17)20-15(19-13)12-6-4-3-5-7-12/h3-8,10-11H,2,9H2,1H3. The number of benzene rings is 1. The summed E-state index contributed by atoms with van der Waals surface area (Å²) in [7, 11) is 0. The molecule has 0 aliphatic carbocycles. The fourth-order valence-electron chi connectivity index (χ4n) is 2.21. The van der Waals surface area contributed by atoms with Gasteiger partial charge in [0.2, 0.25) is 0 Å². The summed E-state index contributed by atoms with van der Waals surface area (Å²) in [5, 5.41) is 0.421. The number of nitrogens with zero attached hydrogens (tertiary/aromatic N) is 4. The lowest BCUT2D eigenvalue weighted by molar-refractivity contribution is 0.684. The van der Waals surface area contributed by atoms with E-state index in [0.29, 0.717) is 11.0 Å². The zero-order valence-electron chi connectivity index (χ0n) is 11.7. The van der Waals surface area contributed by atoms with Gasteiger partial charge in [0, 0.05) is 30.6 Å². The van der Waals surface area contributed by atoms with Crippen molar-refractivity contribution < 1.29 is 0 Å². The number of imidazole rings is 1. The van der Waals surface area contributed by atoms with Crippen LogP contribution in [0.3, 0.4) is 0 Å². The van der Waals surface area contributed by atoms with Gasteiger partial charge in [0.15, 0.2) is 11.6 Å². The van der Waals surface area contributed by atoms with Crippen molar-refractivity contribution in [1.82, 2.24) is 19.5 Å². The van der Waals surface area contributed by atoms with Gasteiger partial charge in [-0.1, -0.05) is 48.9 Å². The summed E-state index contributed by atoms with van der Waals surface area (Å²) in [6.45, 7) is 3.03. The Morgan fingerprint density at radius 2 is 1.95 bits per heavy atom. The highest BCUT2D eigenvalue weighted by molar-refractivity contribution is 6.29. The predicted octanol–water partition coefficient (Wildman–Crippen LogP) is 4.07. The molecule has 3 rings (SSSR count). The molecule has 2 aromatic heterocycles. The zero-order chi connectivity index (χ0) is 14.7. The maximum atomic E-state index is 6.16. The molecule has 0 radical (unpaired) electrons. The Bertz CT molecular complexity index is 737. The SMILES string of the molecule is CCCn1ccnc1-c1cc(Cl)nc(-c2ccccc2)n1. The van der Waals surface area contributed by atoms with E-state index in [4.69, 9.17) is 11.6 Å². The van der Waals surface area contributed by atoms with Crippen molar-refractivity contribution in [3.8, 4) is 22.9 Å². The number of hydrogen-bond acceptors (Lipinski definition) is 3. The quantitative estimate of drug-likeness (QED) is 0.682. The molecule has 0 unspecified atom stereocenters. The fraction of sp³-hybridized carbons (Fsp3) is 0.188. The van der Waals surface area contributed by atoms with E-state index in [9.17, 15) is 0 Å². The second kappa shape index (κ2) is 6.06. The number of aryl methyl sites for hydroxylation is 1. The van der Waals surface area contributed by atoms with Gasteiger partial charge in [-0.3, -0.25) is 0 Å². The average Bonchev–Trinajstić information content (AvgIpc) is 2.96.